The molecule has 2 N–H and O–H groups in total. The summed E-state index contributed by atoms with van der Waals surface area (Å²) in [4.78, 5) is 8.41. The molecule has 8 nitrogen and oxygen atoms in total. The Morgan fingerprint density at radius 1 is 1.23 bits per heavy atom. The number of hydrogen-bond donors (Lipinski definition) is 1. The van der Waals surface area contributed by atoms with E-state index in [-0.39, 0.29) is 29.3 Å². The Morgan fingerprint density at radius 2 is 1.90 bits per heavy atom. The maximum atomic E-state index is 6.45. The summed E-state index contributed by atoms with van der Waals surface area (Å²) in [5.74, 6) is -0.593. The van der Waals surface area contributed by atoms with Crippen molar-refractivity contribution in [3.8, 4) is 0 Å². The monoisotopic (exact) mass is 454 g/mol. The van der Waals surface area contributed by atoms with E-state index in [0.29, 0.717) is 22.8 Å². The molecule has 2 aliphatic rings. The van der Waals surface area contributed by atoms with E-state index >= 15 is 0 Å². The van der Waals surface area contributed by atoms with Crippen molar-refractivity contribution in [3.63, 3.8) is 0 Å². The molecule has 2 aromatic rings. The molecule has 0 unspecified atom stereocenters. The molecule has 166 valence electrons. The van der Waals surface area contributed by atoms with E-state index in [1.807, 2.05) is 30.7 Å². The van der Waals surface area contributed by atoms with Crippen LogP contribution in [0.1, 0.15) is 40.8 Å². The summed E-state index contributed by atoms with van der Waals surface area (Å²) in [5, 5.41) is 1.14. The molecule has 0 saturated carbocycles. The highest BCUT2D eigenvalue weighted by Gasteiger charge is 2.56. The zero-order valence-corrected chi connectivity index (χ0v) is 20.4. The van der Waals surface area contributed by atoms with Crippen LogP contribution in [0.3, 0.4) is 0 Å². The molecular formula is C20H31ClN4O4Si. The number of rotatable bonds is 4. The molecule has 2 aromatic heterocycles. The lowest BCUT2D eigenvalue weighted by Gasteiger charge is -2.37. The number of nitrogens with zero attached hydrogens (tertiary/aromatic N) is 3. The summed E-state index contributed by atoms with van der Waals surface area (Å²) < 4.78 is 27.2. The van der Waals surface area contributed by atoms with Gasteiger partial charge in [0, 0.05) is 6.20 Å². The second-order valence-electron chi connectivity index (χ2n) is 10.0. The minimum Gasteiger partial charge on any atom is -0.414 e. The predicted molar refractivity (Wildman–Crippen MR) is 118 cm³/mol. The molecular weight excluding hydrogens is 424 g/mol. The van der Waals surface area contributed by atoms with E-state index in [9.17, 15) is 0 Å². The third-order valence-corrected chi connectivity index (χ3v) is 11.1. The van der Waals surface area contributed by atoms with Gasteiger partial charge in [0.25, 0.3) is 0 Å². The Morgan fingerprint density at radius 3 is 2.57 bits per heavy atom. The summed E-state index contributed by atoms with van der Waals surface area (Å²) >= 11 is 6.25. The first kappa shape index (κ1) is 22.0. The molecule has 2 aliphatic heterocycles. The summed E-state index contributed by atoms with van der Waals surface area (Å²) in [7, 11) is -1.94. The van der Waals surface area contributed by atoms with Gasteiger partial charge in [-0.3, -0.25) is 0 Å². The summed E-state index contributed by atoms with van der Waals surface area (Å²) in [6, 6.07) is 1.86. The van der Waals surface area contributed by atoms with Crippen LogP contribution in [0.15, 0.2) is 12.3 Å². The van der Waals surface area contributed by atoms with Crippen LogP contribution in [0.4, 0.5) is 5.95 Å². The Labute approximate surface area is 183 Å². The van der Waals surface area contributed by atoms with Crippen molar-refractivity contribution >= 4 is 36.9 Å². The number of aromatic nitrogens is 3. The molecule has 0 bridgehead atoms. The van der Waals surface area contributed by atoms with Gasteiger partial charge < -0.3 is 28.9 Å². The molecule has 0 amide bonds. The number of nitrogens with two attached hydrogens (primary N) is 1. The van der Waals surface area contributed by atoms with Crippen LogP contribution in [0, 0.1) is 0 Å². The van der Waals surface area contributed by atoms with Crippen LogP contribution >= 0.6 is 11.6 Å². The molecule has 0 spiro atoms. The van der Waals surface area contributed by atoms with Gasteiger partial charge in [0.2, 0.25) is 5.95 Å². The Balaban J connectivity index is 1.64. The molecule has 4 rings (SSSR count). The third kappa shape index (κ3) is 3.76. The SMILES string of the molecule is CC1(C)O[C@@H]2[C@H](O1)[C@@H](CO[Si](C)(C)C(C)(C)C)O[C@H]2n1ccc2c(Cl)nc(N)nc21. The molecule has 0 aliphatic carbocycles. The van der Waals surface area contributed by atoms with Crippen LogP contribution in [-0.4, -0.2) is 53.6 Å². The van der Waals surface area contributed by atoms with Gasteiger partial charge >= 0.3 is 0 Å². The Kier molecular flexibility index (Phi) is 5.23. The number of fused-ring (bicyclic) bond motifs is 2. The quantitative estimate of drug-likeness (QED) is 0.548. The van der Waals surface area contributed by atoms with Gasteiger partial charge in [-0.2, -0.15) is 4.98 Å². The number of nitrogen functional groups attached to an aromatic ring is 1. The van der Waals surface area contributed by atoms with E-state index in [2.05, 4.69) is 43.8 Å². The highest BCUT2D eigenvalue weighted by Crippen LogP contribution is 2.45. The van der Waals surface area contributed by atoms with Gasteiger partial charge in [0.1, 0.15) is 29.1 Å². The Hall–Kier alpha value is -1.23. The largest absolute Gasteiger partial charge is 0.414 e. The van der Waals surface area contributed by atoms with Gasteiger partial charge in [-0.1, -0.05) is 32.4 Å². The van der Waals surface area contributed by atoms with Gasteiger partial charge in [0.15, 0.2) is 20.3 Å². The normalized spacial score (nSPS) is 28.9. The first-order chi connectivity index (χ1) is 13.8. The molecule has 4 atom stereocenters. The maximum absolute atomic E-state index is 6.45. The minimum atomic E-state index is -1.94. The van der Waals surface area contributed by atoms with Gasteiger partial charge in [-0.25, -0.2) is 4.98 Å². The van der Waals surface area contributed by atoms with Crippen LogP contribution in [-0.2, 0) is 18.6 Å². The second kappa shape index (κ2) is 7.14. The summed E-state index contributed by atoms with van der Waals surface area (Å²) in [6.45, 7) is 15.4. The van der Waals surface area contributed by atoms with Crippen molar-refractivity contribution in [2.45, 2.75) is 83.1 Å². The van der Waals surface area contributed by atoms with Crippen LogP contribution in [0.25, 0.3) is 11.0 Å². The average molecular weight is 455 g/mol. The average Bonchev–Trinajstić information content (AvgIpc) is 3.23. The smallest absolute Gasteiger partial charge is 0.223 e. The number of anilines is 1. The minimum absolute atomic E-state index is 0.110. The van der Waals surface area contributed by atoms with Crippen LogP contribution < -0.4 is 5.73 Å². The van der Waals surface area contributed by atoms with Crippen molar-refractivity contribution in [3.05, 3.63) is 17.4 Å². The van der Waals surface area contributed by atoms with E-state index in [1.54, 1.807) is 0 Å². The van der Waals surface area contributed by atoms with Gasteiger partial charge in [0.05, 0.1) is 12.0 Å². The van der Waals surface area contributed by atoms with E-state index in [0.717, 1.165) is 0 Å². The van der Waals surface area contributed by atoms with Crippen molar-refractivity contribution in [2.75, 3.05) is 12.3 Å². The fourth-order valence-corrected chi connectivity index (χ4v) is 4.99. The molecule has 10 heteroatoms. The first-order valence-electron chi connectivity index (χ1n) is 10.2. The number of ether oxygens (including phenoxy) is 3. The van der Waals surface area contributed by atoms with Gasteiger partial charge in [-0.05, 0) is 38.0 Å². The van der Waals surface area contributed by atoms with Crippen molar-refractivity contribution in [1.82, 2.24) is 14.5 Å². The number of halogens is 1. The molecule has 30 heavy (non-hydrogen) atoms. The molecule has 2 fully saturated rings. The fourth-order valence-electron chi connectivity index (χ4n) is 3.74. The van der Waals surface area contributed by atoms with E-state index in [4.69, 9.17) is 36.0 Å². The third-order valence-electron chi connectivity index (χ3n) is 6.36. The lowest BCUT2D eigenvalue weighted by Crippen LogP contribution is -2.44. The predicted octanol–water partition coefficient (Wildman–Crippen LogP) is 4.11. The molecule has 4 heterocycles. The zero-order chi connectivity index (χ0) is 22.1. The molecule has 0 aromatic carbocycles. The fraction of sp³-hybridized carbons (Fsp3) is 0.700. The second-order valence-corrected chi connectivity index (χ2v) is 15.2. The Bertz CT molecular complexity index is 958. The highest BCUT2D eigenvalue weighted by molar-refractivity contribution is 6.74. The topological polar surface area (TPSA) is 93.7 Å². The summed E-state index contributed by atoms with van der Waals surface area (Å²) in [5.41, 5.74) is 6.44. The lowest BCUT2D eigenvalue weighted by molar-refractivity contribution is -0.199. The first-order valence-corrected chi connectivity index (χ1v) is 13.5. The lowest BCUT2D eigenvalue weighted by atomic mass is 10.1. The standard InChI is InChI=1S/C20H31ClN4O4Si/c1-19(2,3)30(6,7)26-10-12-13-14(29-20(4,5)28-13)17(27-12)25-9-8-11-15(21)23-18(22)24-16(11)25/h8-9,12-14,17H,10H2,1-7H3,(H2,22,23,24)/t12-,13-,14-,17-/m1/s1. The van der Waals surface area contributed by atoms with Gasteiger partial charge in [-0.15, -0.1) is 0 Å². The maximum Gasteiger partial charge on any atom is 0.223 e. The zero-order valence-electron chi connectivity index (χ0n) is 18.6. The van der Waals surface area contributed by atoms with E-state index < -0.39 is 20.3 Å². The van der Waals surface area contributed by atoms with Crippen molar-refractivity contribution in [2.24, 2.45) is 0 Å². The van der Waals surface area contributed by atoms with E-state index in [1.165, 1.54) is 0 Å². The van der Waals surface area contributed by atoms with Crippen LogP contribution in [0.5, 0.6) is 0 Å². The molecule has 2 saturated heterocycles. The van der Waals surface area contributed by atoms with Crippen LogP contribution in [0.2, 0.25) is 23.3 Å². The number of hydrogen-bond acceptors (Lipinski definition) is 7. The molecule has 0 radical (unpaired) electrons. The van der Waals surface area contributed by atoms with Crippen molar-refractivity contribution < 1.29 is 18.6 Å². The summed E-state index contributed by atoms with van der Waals surface area (Å²) in [6.07, 6.45) is 0.620. The highest BCUT2D eigenvalue weighted by atomic mass is 35.5. The van der Waals surface area contributed by atoms with Crippen molar-refractivity contribution in [1.29, 1.82) is 0 Å².